The molecule has 3 aromatic heterocycles. The summed E-state index contributed by atoms with van der Waals surface area (Å²) < 4.78 is 1.64. The summed E-state index contributed by atoms with van der Waals surface area (Å²) in [6.07, 6.45) is 0. The van der Waals surface area contributed by atoms with Crippen molar-refractivity contribution in [3.8, 4) is 10.7 Å². The van der Waals surface area contributed by atoms with Gasteiger partial charge in [-0.25, -0.2) is 9.50 Å². The zero-order valence-corrected chi connectivity index (χ0v) is 10.1. The van der Waals surface area contributed by atoms with Gasteiger partial charge >= 0.3 is 0 Å². The van der Waals surface area contributed by atoms with Gasteiger partial charge in [0.2, 0.25) is 0 Å². The SMILES string of the molecule is Cc1ccc(-c2nc3cccc(Cl)n3n2)s1. The average molecular weight is 250 g/mol. The van der Waals surface area contributed by atoms with E-state index < -0.39 is 0 Å². The zero-order valence-electron chi connectivity index (χ0n) is 8.51. The second-order valence-electron chi connectivity index (χ2n) is 3.46. The van der Waals surface area contributed by atoms with Gasteiger partial charge in [0.1, 0.15) is 5.15 Å². The van der Waals surface area contributed by atoms with Gasteiger partial charge in [0, 0.05) is 4.88 Å². The van der Waals surface area contributed by atoms with E-state index in [0.29, 0.717) is 5.15 Å². The van der Waals surface area contributed by atoms with Crippen molar-refractivity contribution in [3.63, 3.8) is 0 Å². The Labute approximate surface area is 101 Å². The molecular formula is C11H8ClN3S. The third kappa shape index (κ3) is 1.50. The lowest BCUT2D eigenvalue weighted by molar-refractivity contribution is 0.968. The fourth-order valence-electron chi connectivity index (χ4n) is 1.53. The van der Waals surface area contributed by atoms with E-state index in [-0.39, 0.29) is 0 Å². The molecule has 16 heavy (non-hydrogen) atoms. The van der Waals surface area contributed by atoms with Crippen LogP contribution in [0.4, 0.5) is 0 Å². The topological polar surface area (TPSA) is 30.2 Å². The van der Waals surface area contributed by atoms with Crippen LogP contribution in [0.2, 0.25) is 5.15 Å². The molecule has 0 aliphatic rings. The molecule has 0 aliphatic carbocycles. The van der Waals surface area contributed by atoms with Crippen LogP contribution in [-0.2, 0) is 0 Å². The predicted octanol–water partition coefficient (Wildman–Crippen LogP) is 3.42. The highest BCUT2D eigenvalue weighted by molar-refractivity contribution is 7.15. The molecule has 3 nitrogen and oxygen atoms in total. The minimum Gasteiger partial charge on any atom is -0.206 e. The first kappa shape index (κ1) is 9.81. The van der Waals surface area contributed by atoms with Crippen molar-refractivity contribution in [2.45, 2.75) is 6.92 Å². The van der Waals surface area contributed by atoms with Crippen molar-refractivity contribution in [1.29, 1.82) is 0 Å². The number of thiophene rings is 1. The highest BCUT2D eigenvalue weighted by atomic mass is 35.5. The van der Waals surface area contributed by atoms with E-state index in [2.05, 4.69) is 23.1 Å². The molecule has 0 aliphatic heterocycles. The largest absolute Gasteiger partial charge is 0.206 e. The Morgan fingerprint density at radius 3 is 2.81 bits per heavy atom. The van der Waals surface area contributed by atoms with Gasteiger partial charge < -0.3 is 0 Å². The summed E-state index contributed by atoms with van der Waals surface area (Å²) in [6.45, 7) is 2.07. The zero-order chi connectivity index (χ0) is 11.1. The van der Waals surface area contributed by atoms with Crippen molar-refractivity contribution in [2.75, 3.05) is 0 Å². The van der Waals surface area contributed by atoms with E-state index >= 15 is 0 Å². The molecule has 0 unspecified atom stereocenters. The second kappa shape index (κ2) is 3.57. The molecule has 0 bridgehead atoms. The molecule has 0 amide bonds. The lowest BCUT2D eigenvalue weighted by Gasteiger charge is -1.91. The van der Waals surface area contributed by atoms with E-state index in [1.165, 1.54) is 4.88 Å². The number of rotatable bonds is 1. The number of hydrogen-bond acceptors (Lipinski definition) is 3. The Morgan fingerprint density at radius 2 is 2.12 bits per heavy atom. The molecule has 0 aromatic carbocycles. The number of aromatic nitrogens is 3. The molecule has 0 atom stereocenters. The normalized spacial score (nSPS) is 11.1. The van der Waals surface area contributed by atoms with E-state index in [1.807, 2.05) is 18.2 Å². The van der Waals surface area contributed by atoms with Crippen LogP contribution in [0.5, 0.6) is 0 Å². The molecule has 0 radical (unpaired) electrons. The van der Waals surface area contributed by atoms with Crippen molar-refractivity contribution >= 4 is 28.6 Å². The van der Waals surface area contributed by atoms with Gasteiger partial charge in [-0.1, -0.05) is 17.7 Å². The third-order valence-electron chi connectivity index (χ3n) is 2.27. The summed E-state index contributed by atoms with van der Waals surface area (Å²) >= 11 is 7.71. The summed E-state index contributed by atoms with van der Waals surface area (Å²) in [6, 6.07) is 9.65. The minimum atomic E-state index is 0.574. The average Bonchev–Trinajstić information content (AvgIpc) is 2.84. The fourth-order valence-corrected chi connectivity index (χ4v) is 2.53. The molecule has 3 aromatic rings. The van der Waals surface area contributed by atoms with Crippen molar-refractivity contribution in [2.24, 2.45) is 0 Å². The van der Waals surface area contributed by atoms with Gasteiger partial charge in [-0.2, -0.15) is 0 Å². The molecule has 0 saturated heterocycles. The van der Waals surface area contributed by atoms with Gasteiger partial charge in [0.05, 0.1) is 4.88 Å². The van der Waals surface area contributed by atoms with Gasteiger partial charge in [-0.3, -0.25) is 0 Å². The second-order valence-corrected chi connectivity index (χ2v) is 5.14. The first-order valence-corrected chi connectivity index (χ1v) is 6.01. The van der Waals surface area contributed by atoms with Crippen LogP contribution < -0.4 is 0 Å². The fraction of sp³-hybridized carbons (Fsp3) is 0.0909. The van der Waals surface area contributed by atoms with Crippen molar-refractivity contribution in [3.05, 3.63) is 40.4 Å². The van der Waals surface area contributed by atoms with Crippen molar-refractivity contribution < 1.29 is 0 Å². The maximum Gasteiger partial charge on any atom is 0.192 e. The Morgan fingerprint density at radius 1 is 1.25 bits per heavy atom. The number of hydrogen-bond donors (Lipinski definition) is 0. The van der Waals surface area contributed by atoms with Gasteiger partial charge in [-0.15, -0.1) is 16.4 Å². The maximum atomic E-state index is 6.03. The molecule has 3 heterocycles. The molecule has 0 spiro atoms. The molecule has 0 fully saturated rings. The molecule has 0 saturated carbocycles. The van der Waals surface area contributed by atoms with Crippen LogP contribution in [0.25, 0.3) is 16.3 Å². The van der Waals surface area contributed by atoms with Crippen LogP contribution in [-0.4, -0.2) is 14.6 Å². The number of fused-ring (bicyclic) bond motifs is 1. The lowest BCUT2D eigenvalue weighted by Crippen LogP contribution is -1.87. The van der Waals surface area contributed by atoms with Crippen LogP contribution in [0.3, 0.4) is 0 Å². The van der Waals surface area contributed by atoms with E-state index in [0.717, 1.165) is 16.3 Å². The Hall–Kier alpha value is -1.39. The summed E-state index contributed by atoms with van der Waals surface area (Å²) in [4.78, 5) is 6.75. The first-order chi connectivity index (χ1) is 7.74. The third-order valence-corrected chi connectivity index (χ3v) is 3.56. The highest BCUT2D eigenvalue weighted by Gasteiger charge is 2.09. The van der Waals surface area contributed by atoms with E-state index in [1.54, 1.807) is 21.9 Å². The van der Waals surface area contributed by atoms with E-state index in [9.17, 15) is 0 Å². The van der Waals surface area contributed by atoms with Gasteiger partial charge in [-0.05, 0) is 31.2 Å². The molecule has 5 heteroatoms. The van der Waals surface area contributed by atoms with Gasteiger partial charge in [0.25, 0.3) is 0 Å². The Balaban J connectivity index is 2.22. The van der Waals surface area contributed by atoms with Gasteiger partial charge in [0.15, 0.2) is 11.5 Å². The number of pyridine rings is 1. The maximum absolute atomic E-state index is 6.03. The van der Waals surface area contributed by atoms with Crippen molar-refractivity contribution in [1.82, 2.24) is 14.6 Å². The quantitative estimate of drug-likeness (QED) is 0.619. The van der Waals surface area contributed by atoms with Crippen LogP contribution in [0, 0.1) is 6.92 Å². The van der Waals surface area contributed by atoms with Crippen LogP contribution in [0.15, 0.2) is 30.3 Å². The standard InChI is InChI=1S/C11H8ClN3S/c1-7-5-6-8(16-7)11-13-10-4-2-3-9(12)15(10)14-11/h2-6H,1H3. The molecule has 3 rings (SSSR count). The Kier molecular flexibility index (Phi) is 2.19. The Bertz CT molecular complexity index is 656. The summed E-state index contributed by atoms with van der Waals surface area (Å²) in [5, 5.41) is 4.95. The molecule has 0 N–H and O–H groups in total. The smallest absolute Gasteiger partial charge is 0.192 e. The van der Waals surface area contributed by atoms with E-state index in [4.69, 9.17) is 11.6 Å². The number of nitrogens with zero attached hydrogens (tertiary/aromatic N) is 3. The summed E-state index contributed by atoms with van der Waals surface area (Å²) in [5.74, 6) is 0.728. The molecular weight excluding hydrogens is 242 g/mol. The van der Waals surface area contributed by atoms with Crippen LogP contribution >= 0.6 is 22.9 Å². The molecule has 80 valence electrons. The first-order valence-electron chi connectivity index (χ1n) is 4.82. The summed E-state index contributed by atoms with van der Waals surface area (Å²) in [7, 11) is 0. The van der Waals surface area contributed by atoms with Crippen LogP contribution in [0.1, 0.15) is 4.88 Å². The number of aryl methyl sites for hydroxylation is 1. The monoisotopic (exact) mass is 249 g/mol. The predicted molar refractivity (Wildman–Crippen MR) is 66.0 cm³/mol. The lowest BCUT2D eigenvalue weighted by atomic mass is 10.4. The number of halogens is 1. The minimum absolute atomic E-state index is 0.574. The summed E-state index contributed by atoms with van der Waals surface area (Å²) in [5.41, 5.74) is 0.772. The highest BCUT2D eigenvalue weighted by Crippen LogP contribution is 2.25.